The summed E-state index contributed by atoms with van der Waals surface area (Å²) in [5, 5.41) is 9.30. The zero-order valence-electron chi connectivity index (χ0n) is 12.9. The van der Waals surface area contributed by atoms with Gasteiger partial charge in [0, 0.05) is 26.2 Å². The minimum atomic E-state index is -0.228. The molecule has 5 heteroatoms. The molecule has 1 saturated heterocycles. The Labute approximate surface area is 126 Å². The first-order valence-electron chi connectivity index (χ1n) is 7.45. The lowest BCUT2D eigenvalue weighted by molar-refractivity contribution is -0.149. The van der Waals surface area contributed by atoms with Crippen LogP contribution in [0, 0.1) is 0 Å². The summed E-state index contributed by atoms with van der Waals surface area (Å²) in [4.78, 5) is 2.28. The summed E-state index contributed by atoms with van der Waals surface area (Å²) in [5.41, 5.74) is 6.44. The molecular formula is C16H26N2O3. The molecule has 1 aromatic carbocycles. The highest BCUT2D eigenvalue weighted by Gasteiger charge is 2.32. The van der Waals surface area contributed by atoms with Gasteiger partial charge in [0.05, 0.1) is 18.3 Å². The third kappa shape index (κ3) is 4.97. The second kappa shape index (κ2) is 7.22. The highest BCUT2D eigenvalue weighted by Crippen LogP contribution is 2.20. The van der Waals surface area contributed by atoms with Crippen molar-refractivity contribution < 1.29 is 14.6 Å². The van der Waals surface area contributed by atoms with Crippen molar-refractivity contribution in [2.24, 2.45) is 5.73 Å². The number of aliphatic hydroxyl groups excluding tert-OH is 1. The first-order valence-corrected chi connectivity index (χ1v) is 7.45. The van der Waals surface area contributed by atoms with Gasteiger partial charge in [0.2, 0.25) is 0 Å². The Bertz CT molecular complexity index is 434. The molecule has 0 saturated carbocycles. The molecule has 2 rings (SSSR count). The molecule has 0 spiro atoms. The maximum Gasteiger partial charge on any atom is 0.119 e. The van der Waals surface area contributed by atoms with Gasteiger partial charge in [-0.05, 0) is 31.5 Å². The number of aliphatic hydroxyl groups is 1. The molecule has 1 unspecified atom stereocenters. The summed E-state index contributed by atoms with van der Waals surface area (Å²) in [7, 11) is 0. The molecule has 21 heavy (non-hydrogen) atoms. The van der Waals surface area contributed by atoms with Gasteiger partial charge < -0.3 is 20.3 Å². The van der Waals surface area contributed by atoms with Crippen LogP contribution in [0.15, 0.2) is 24.3 Å². The zero-order valence-corrected chi connectivity index (χ0v) is 12.9. The Morgan fingerprint density at radius 3 is 2.71 bits per heavy atom. The second-order valence-corrected chi connectivity index (χ2v) is 6.11. The van der Waals surface area contributed by atoms with E-state index in [-0.39, 0.29) is 18.3 Å². The number of ether oxygens (including phenoxy) is 2. The van der Waals surface area contributed by atoms with E-state index in [0.717, 1.165) is 30.9 Å². The molecule has 1 aliphatic rings. The van der Waals surface area contributed by atoms with E-state index < -0.39 is 0 Å². The number of morpholine rings is 1. The Morgan fingerprint density at radius 1 is 1.38 bits per heavy atom. The third-order valence-corrected chi connectivity index (χ3v) is 3.59. The van der Waals surface area contributed by atoms with Crippen molar-refractivity contribution in [2.75, 3.05) is 32.8 Å². The zero-order chi connectivity index (χ0) is 15.3. The summed E-state index contributed by atoms with van der Waals surface area (Å²) in [6.07, 6.45) is -0.113. The van der Waals surface area contributed by atoms with Crippen LogP contribution in [-0.2, 0) is 11.3 Å². The summed E-state index contributed by atoms with van der Waals surface area (Å²) in [6.45, 7) is 7.74. The fourth-order valence-corrected chi connectivity index (χ4v) is 2.70. The molecule has 0 aromatic heterocycles. The van der Waals surface area contributed by atoms with E-state index in [4.69, 9.17) is 15.2 Å². The fraction of sp³-hybridized carbons (Fsp3) is 0.625. The average molecular weight is 294 g/mol. The number of nitrogens with zero attached hydrogens (tertiary/aromatic N) is 1. The lowest BCUT2D eigenvalue weighted by atomic mass is 10.1. The maximum absolute atomic E-state index is 9.30. The highest BCUT2D eigenvalue weighted by molar-refractivity contribution is 5.27. The number of hydrogen-bond acceptors (Lipinski definition) is 5. The van der Waals surface area contributed by atoms with Crippen LogP contribution in [0.25, 0.3) is 0 Å². The van der Waals surface area contributed by atoms with Gasteiger partial charge in [-0.1, -0.05) is 12.1 Å². The number of hydrogen-bond donors (Lipinski definition) is 2. The molecule has 0 amide bonds. The van der Waals surface area contributed by atoms with Crippen LogP contribution in [0.5, 0.6) is 5.75 Å². The number of benzene rings is 1. The minimum absolute atomic E-state index is 0.0569. The van der Waals surface area contributed by atoms with Gasteiger partial charge in [0.1, 0.15) is 12.4 Å². The first kappa shape index (κ1) is 16.2. The van der Waals surface area contributed by atoms with Crippen molar-refractivity contribution in [3.8, 4) is 5.75 Å². The van der Waals surface area contributed by atoms with Crippen molar-refractivity contribution in [1.82, 2.24) is 4.90 Å². The maximum atomic E-state index is 9.30. The van der Waals surface area contributed by atoms with Crippen molar-refractivity contribution in [2.45, 2.75) is 32.1 Å². The van der Waals surface area contributed by atoms with E-state index in [1.807, 2.05) is 38.1 Å². The summed E-state index contributed by atoms with van der Waals surface area (Å²) >= 11 is 0. The van der Waals surface area contributed by atoms with Crippen molar-refractivity contribution in [3.05, 3.63) is 29.8 Å². The Hall–Kier alpha value is -1.14. The molecule has 1 atom stereocenters. The number of rotatable bonds is 6. The van der Waals surface area contributed by atoms with E-state index in [1.165, 1.54) is 0 Å². The van der Waals surface area contributed by atoms with E-state index in [9.17, 15) is 5.11 Å². The lowest BCUT2D eigenvalue weighted by Gasteiger charge is -2.42. The topological polar surface area (TPSA) is 68.0 Å². The van der Waals surface area contributed by atoms with Crippen LogP contribution in [0.4, 0.5) is 0 Å². The lowest BCUT2D eigenvalue weighted by Crippen LogP contribution is -2.54. The van der Waals surface area contributed by atoms with E-state index >= 15 is 0 Å². The van der Waals surface area contributed by atoms with Crippen LogP contribution >= 0.6 is 0 Å². The Balaban J connectivity index is 1.79. The third-order valence-electron chi connectivity index (χ3n) is 3.59. The van der Waals surface area contributed by atoms with Gasteiger partial charge in [-0.25, -0.2) is 0 Å². The fourth-order valence-electron chi connectivity index (χ4n) is 2.70. The monoisotopic (exact) mass is 294 g/mol. The Kier molecular flexibility index (Phi) is 5.58. The first-order chi connectivity index (χ1) is 10.0. The molecule has 0 aliphatic carbocycles. The minimum Gasteiger partial charge on any atom is -0.492 e. The van der Waals surface area contributed by atoms with Gasteiger partial charge >= 0.3 is 0 Å². The summed E-state index contributed by atoms with van der Waals surface area (Å²) < 4.78 is 11.6. The van der Waals surface area contributed by atoms with Gasteiger partial charge in [-0.15, -0.1) is 0 Å². The van der Waals surface area contributed by atoms with Crippen LogP contribution < -0.4 is 10.5 Å². The molecule has 1 aromatic rings. The van der Waals surface area contributed by atoms with E-state index in [2.05, 4.69) is 4.90 Å². The van der Waals surface area contributed by atoms with Crippen LogP contribution in [0.1, 0.15) is 19.4 Å². The smallest absolute Gasteiger partial charge is 0.119 e. The quantitative estimate of drug-likeness (QED) is 0.819. The molecular weight excluding hydrogens is 268 g/mol. The standard InChI is InChI=1S/C16H26N2O3/c1-16(2)12-18(10-15(11-19)21-16)7-8-20-14-5-3-13(9-17)4-6-14/h3-6,15,19H,7-12,17H2,1-2H3. The molecule has 1 aliphatic heterocycles. The predicted molar refractivity (Wildman–Crippen MR) is 82.3 cm³/mol. The Morgan fingerprint density at radius 2 is 2.10 bits per heavy atom. The summed E-state index contributed by atoms with van der Waals surface area (Å²) in [5.74, 6) is 0.860. The molecule has 3 N–H and O–H groups in total. The van der Waals surface area contributed by atoms with Gasteiger partial charge in [0.15, 0.2) is 0 Å². The normalized spacial score (nSPS) is 22.2. The van der Waals surface area contributed by atoms with Gasteiger partial charge in [-0.2, -0.15) is 0 Å². The predicted octanol–water partition coefficient (Wildman–Crippen LogP) is 0.996. The second-order valence-electron chi connectivity index (χ2n) is 6.11. The van der Waals surface area contributed by atoms with E-state index in [0.29, 0.717) is 13.2 Å². The van der Waals surface area contributed by atoms with Gasteiger partial charge in [-0.3, -0.25) is 4.90 Å². The molecule has 0 bridgehead atoms. The largest absolute Gasteiger partial charge is 0.492 e. The summed E-state index contributed by atoms with van der Waals surface area (Å²) in [6, 6.07) is 7.86. The highest BCUT2D eigenvalue weighted by atomic mass is 16.5. The van der Waals surface area contributed by atoms with E-state index in [1.54, 1.807) is 0 Å². The van der Waals surface area contributed by atoms with Crippen molar-refractivity contribution in [1.29, 1.82) is 0 Å². The van der Waals surface area contributed by atoms with Crippen molar-refractivity contribution >= 4 is 0 Å². The van der Waals surface area contributed by atoms with Gasteiger partial charge in [0.25, 0.3) is 0 Å². The van der Waals surface area contributed by atoms with Crippen LogP contribution in [0.2, 0.25) is 0 Å². The average Bonchev–Trinajstić information content (AvgIpc) is 2.46. The molecule has 5 nitrogen and oxygen atoms in total. The van der Waals surface area contributed by atoms with Crippen LogP contribution in [-0.4, -0.2) is 54.6 Å². The number of nitrogens with two attached hydrogens (primary N) is 1. The molecule has 0 radical (unpaired) electrons. The molecule has 1 fully saturated rings. The van der Waals surface area contributed by atoms with Crippen LogP contribution in [0.3, 0.4) is 0 Å². The molecule has 118 valence electrons. The van der Waals surface area contributed by atoms with Crippen molar-refractivity contribution in [3.63, 3.8) is 0 Å². The molecule has 1 heterocycles. The SMILES string of the molecule is CC1(C)CN(CCOc2ccc(CN)cc2)CC(CO)O1.